The molecule has 0 aliphatic heterocycles. The van der Waals surface area contributed by atoms with E-state index in [1.54, 1.807) is 36.4 Å². The Hall–Kier alpha value is -3.26. The summed E-state index contributed by atoms with van der Waals surface area (Å²) in [6.07, 6.45) is 0. The predicted octanol–water partition coefficient (Wildman–Crippen LogP) is 2.04. The molecule has 0 spiro atoms. The molecular formula is C16H12N6OS. The van der Waals surface area contributed by atoms with Crippen molar-refractivity contribution < 1.29 is 0 Å². The van der Waals surface area contributed by atoms with Gasteiger partial charge in [0.05, 0.1) is 0 Å². The summed E-state index contributed by atoms with van der Waals surface area (Å²) >= 11 is 1.28. The Morgan fingerprint density at radius 3 is 2.46 bits per heavy atom. The minimum atomic E-state index is -0.351. The predicted molar refractivity (Wildman–Crippen MR) is 94.6 cm³/mol. The maximum atomic E-state index is 12.7. The van der Waals surface area contributed by atoms with Gasteiger partial charge in [-0.1, -0.05) is 29.5 Å². The second-order valence-corrected chi connectivity index (χ2v) is 6.12. The highest BCUT2D eigenvalue weighted by Gasteiger charge is 2.15. The second kappa shape index (κ2) is 5.43. The average molecular weight is 336 g/mol. The molecule has 0 amide bonds. The molecule has 0 saturated carbocycles. The van der Waals surface area contributed by atoms with Crippen molar-refractivity contribution in [1.82, 2.24) is 19.8 Å². The molecule has 24 heavy (non-hydrogen) atoms. The number of para-hydroxylation sites is 1. The molecule has 7 nitrogen and oxygen atoms in total. The molecule has 0 saturated heterocycles. The van der Waals surface area contributed by atoms with Gasteiger partial charge in [-0.2, -0.15) is 9.61 Å². The third-order valence-corrected chi connectivity index (χ3v) is 4.51. The standard InChI is InChI=1S/C16H12N6OS/c17-10-7-5-9(6-8-10)14-21-22-15(23)13(19-20-16(22)24-14)11-3-1-2-4-12(11)18/h1-8H,17-18H2. The van der Waals surface area contributed by atoms with Gasteiger partial charge in [-0.3, -0.25) is 4.79 Å². The van der Waals surface area contributed by atoms with Crippen LogP contribution >= 0.6 is 11.3 Å². The summed E-state index contributed by atoms with van der Waals surface area (Å²) in [5.41, 5.74) is 14.0. The summed E-state index contributed by atoms with van der Waals surface area (Å²) in [4.78, 5) is 13.1. The van der Waals surface area contributed by atoms with E-state index in [1.165, 1.54) is 15.9 Å². The van der Waals surface area contributed by atoms with Gasteiger partial charge in [0.1, 0.15) is 5.01 Å². The lowest BCUT2D eigenvalue weighted by Crippen LogP contribution is -2.19. The van der Waals surface area contributed by atoms with Crippen molar-refractivity contribution in [2.24, 2.45) is 0 Å². The number of aromatic nitrogens is 4. The number of fused-ring (bicyclic) bond motifs is 1. The number of benzene rings is 2. The van der Waals surface area contributed by atoms with Crippen molar-refractivity contribution in [3.05, 3.63) is 58.9 Å². The lowest BCUT2D eigenvalue weighted by molar-refractivity contribution is 0.862. The first-order valence-electron chi connectivity index (χ1n) is 7.11. The summed E-state index contributed by atoms with van der Waals surface area (Å²) in [6, 6.07) is 14.3. The van der Waals surface area contributed by atoms with Crippen molar-refractivity contribution in [2.45, 2.75) is 0 Å². The zero-order chi connectivity index (χ0) is 16.7. The molecule has 2 heterocycles. The largest absolute Gasteiger partial charge is 0.399 e. The van der Waals surface area contributed by atoms with E-state index in [4.69, 9.17) is 11.5 Å². The van der Waals surface area contributed by atoms with Crippen molar-refractivity contribution >= 4 is 27.7 Å². The van der Waals surface area contributed by atoms with Gasteiger partial charge in [-0.15, -0.1) is 10.2 Å². The van der Waals surface area contributed by atoms with Gasteiger partial charge in [-0.25, -0.2) is 0 Å². The van der Waals surface area contributed by atoms with Gasteiger partial charge in [0.15, 0.2) is 5.69 Å². The Kier molecular flexibility index (Phi) is 3.24. The molecule has 0 aliphatic carbocycles. The molecule has 0 aliphatic rings. The highest BCUT2D eigenvalue weighted by atomic mass is 32.1. The zero-order valence-corrected chi connectivity index (χ0v) is 13.2. The second-order valence-electron chi connectivity index (χ2n) is 5.16. The highest BCUT2D eigenvalue weighted by Crippen LogP contribution is 2.26. The lowest BCUT2D eigenvalue weighted by atomic mass is 10.1. The summed E-state index contributed by atoms with van der Waals surface area (Å²) < 4.78 is 1.26. The first kappa shape index (κ1) is 14.3. The number of nitrogen functional groups attached to an aromatic ring is 2. The topological polar surface area (TPSA) is 112 Å². The van der Waals surface area contributed by atoms with Crippen LogP contribution in [0.4, 0.5) is 11.4 Å². The normalized spacial score (nSPS) is 11.0. The molecule has 118 valence electrons. The third kappa shape index (κ3) is 2.29. The SMILES string of the molecule is Nc1ccc(-c2nn3c(=O)c(-c4ccccc4N)nnc3s2)cc1. The van der Waals surface area contributed by atoms with Crippen LogP contribution in [0.25, 0.3) is 26.8 Å². The molecule has 2 aromatic carbocycles. The number of nitrogens with two attached hydrogens (primary N) is 2. The maximum absolute atomic E-state index is 12.7. The Labute approximate surface area is 140 Å². The van der Waals surface area contributed by atoms with Crippen LogP contribution in [0.1, 0.15) is 0 Å². The fraction of sp³-hybridized carbons (Fsp3) is 0. The third-order valence-electron chi connectivity index (χ3n) is 3.56. The molecule has 0 unspecified atom stereocenters. The van der Waals surface area contributed by atoms with Crippen molar-refractivity contribution in [2.75, 3.05) is 11.5 Å². The van der Waals surface area contributed by atoms with E-state index in [2.05, 4.69) is 15.3 Å². The van der Waals surface area contributed by atoms with E-state index >= 15 is 0 Å². The first-order valence-corrected chi connectivity index (χ1v) is 7.92. The Balaban J connectivity index is 1.90. The van der Waals surface area contributed by atoms with Crippen LogP contribution in [0.5, 0.6) is 0 Å². The van der Waals surface area contributed by atoms with Gasteiger partial charge in [-0.05, 0) is 30.3 Å². The number of nitrogens with zero attached hydrogens (tertiary/aromatic N) is 4. The molecule has 0 fully saturated rings. The number of anilines is 2. The van der Waals surface area contributed by atoms with Crippen LogP contribution < -0.4 is 17.0 Å². The monoisotopic (exact) mass is 336 g/mol. The first-order chi connectivity index (χ1) is 11.6. The van der Waals surface area contributed by atoms with E-state index in [-0.39, 0.29) is 11.3 Å². The molecule has 0 atom stereocenters. The van der Waals surface area contributed by atoms with Crippen LogP contribution in [0.2, 0.25) is 0 Å². The van der Waals surface area contributed by atoms with Gasteiger partial charge < -0.3 is 11.5 Å². The molecule has 0 bridgehead atoms. The van der Waals surface area contributed by atoms with Crippen molar-refractivity contribution in [3.8, 4) is 21.8 Å². The van der Waals surface area contributed by atoms with Gasteiger partial charge in [0, 0.05) is 22.5 Å². The van der Waals surface area contributed by atoms with Gasteiger partial charge in [0.2, 0.25) is 4.96 Å². The van der Waals surface area contributed by atoms with Crippen LogP contribution in [-0.2, 0) is 0 Å². The highest BCUT2D eigenvalue weighted by molar-refractivity contribution is 7.19. The van der Waals surface area contributed by atoms with E-state index in [9.17, 15) is 4.79 Å². The molecule has 8 heteroatoms. The zero-order valence-electron chi connectivity index (χ0n) is 12.4. The van der Waals surface area contributed by atoms with Crippen molar-refractivity contribution in [3.63, 3.8) is 0 Å². The summed E-state index contributed by atoms with van der Waals surface area (Å²) in [5.74, 6) is 0. The van der Waals surface area contributed by atoms with Gasteiger partial charge in [0.25, 0.3) is 0 Å². The fourth-order valence-corrected chi connectivity index (χ4v) is 3.18. The molecule has 4 aromatic rings. The number of rotatable bonds is 2. The Morgan fingerprint density at radius 2 is 1.71 bits per heavy atom. The number of hydrogen-bond acceptors (Lipinski definition) is 7. The molecular weight excluding hydrogens is 324 g/mol. The Morgan fingerprint density at radius 1 is 0.958 bits per heavy atom. The van der Waals surface area contributed by atoms with Crippen LogP contribution in [0.3, 0.4) is 0 Å². The minimum absolute atomic E-state index is 0.180. The summed E-state index contributed by atoms with van der Waals surface area (Å²) in [6.45, 7) is 0. The Bertz CT molecular complexity index is 1100. The summed E-state index contributed by atoms with van der Waals surface area (Å²) in [7, 11) is 0. The minimum Gasteiger partial charge on any atom is -0.399 e. The average Bonchev–Trinajstić information content (AvgIpc) is 3.02. The van der Waals surface area contributed by atoms with Crippen molar-refractivity contribution in [1.29, 1.82) is 0 Å². The molecule has 4 N–H and O–H groups in total. The van der Waals surface area contributed by atoms with E-state index in [1.807, 2.05) is 12.1 Å². The van der Waals surface area contributed by atoms with E-state index in [0.29, 0.717) is 26.9 Å². The van der Waals surface area contributed by atoms with E-state index < -0.39 is 0 Å². The van der Waals surface area contributed by atoms with Crippen LogP contribution in [0, 0.1) is 0 Å². The van der Waals surface area contributed by atoms with Crippen LogP contribution in [-0.4, -0.2) is 19.8 Å². The van der Waals surface area contributed by atoms with Gasteiger partial charge >= 0.3 is 5.56 Å². The van der Waals surface area contributed by atoms with E-state index in [0.717, 1.165) is 5.56 Å². The van der Waals surface area contributed by atoms with Crippen LogP contribution in [0.15, 0.2) is 53.3 Å². The summed E-state index contributed by atoms with van der Waals surface area (Å²) in [5, 5.41) is 13.2. The smallest absolute Gasteiger partial charge is 0.302 e. The lowest BCUT2D eigenvalue weighted by Gasteiger charge is -2.02. The maximum Gasteiger partial charge on any atom is 0.302 e. The number of hydrogen-bond donors (Lipinski definition) is 2. The molecule has 4 rings (SSSR count). The fourth-order valence-electron chi connectivity index (χ4n) is 2.34. The molecule has 2 aromatic heterocycles. The quantitative estimate of drug-likeness (QED) is 0.542. The molecule has 0 radical (unpaired) electrons.